The molecule has 0 saturated carbocycles. The average Bonchev–Trinajstić information content (AvgIpc) is 2.35. The quantitative estimate of drug-likeness (QED) is 0.675. The zero-order chi connectivity index (χ0) is 14.4. The molecule has 0 aliphatic carbocycles. The van der Waals surface area contributed by atoms with Crippen LogP contribution >= 0.6 is 0 Å². The lowest BCUT2D eigenvalue weighted by Crippen LogP contribution is -2.45. The molecule has 1 heterocycles. The van der Waals surface area contributed by atoms with Crippen molar-refractivity contribution in [3.05, 3.63) is 12.0 Å². The van der Waals surface area contributed by atoms with Crippen molar-refractivity contribution in [3.8, 4) is 0 Å². The van der Waals surface area contributed by atoms with Crippen LogP contribution in [0.25, 0.3) is 0 Å². The molecule has 1 aliphatic rings. The molecule has 3 amide bonds. The van der Waals surface area contributed by atoms with Gasteiger partial charge in [-0.25, -0.2) is 9.59 Å². The fourth-order valence-electron chi connectivity index (χ4n) is 1.33. The predicted octanol–water partition coefficient (Wildman–Crippen LogP) is -0.363. The van der Waals surface area contributed by atoms with Crippen molar-refractivity contribution in [3.63, 3.8) is 0 Å². The van der Waals surface area contributed by atoms with E-state index in [1.807, 2.05) is 5.32 Å². The topological polar surface area (TPSA) is 117 Å². The SMILES string of the molecule is CC(C)[C@H](OC(=O)C1=COCCO1)C(=O)NC(N)=O. The van der Waals surface area contributed by atoms with Crippen LogP contribution in [0, 0.1) is 5.92 Å². The maximum atomic E-state index is 11.7. The molecule has 1 aliphatic heterocycles. The molecule has 8 nitrogen and oxygen atoms in total. The van der Waals surface area contributed by atoms with Gasteiger partial charge in [0, 0.05) is 0 Å². The highest BCUT2D eigenvalue weighted by Gasteiger charge is 2.29. The summed E-state index contributed by atoms with van der Waals surface area (Å²) < 4.78 is 14.9. The second-order valence-electron chi connectivity index (χ2n) is 4.12. The first-order valence-corrected chi connectivity index (χ1v) is 5.67. The zero-order valence-corrected chi connectivity index (χ0v) is 10.7. The van der Waals surface area contributed by atoms with Crippen LogP contribution in [0.2, 0.25) is 0 Å². The van der Waals surface area contributed by atoms with E-state index in [0.29, 0.717) is 6.61 Å². The Morgan fingerprint density at radius 1 is 1.37 bits per heavy atom. The highest BCUT2D eigenvalue weighted by Crippen LogP contribution is 2.12. The van der Waals surface area contributed by atoms with Crippen molar-refractivity contribution in [1.29, 1.82) is 0 Å². The molecule has 0 unspecified atom stereocenters. The third kappa shape index (κ3) is 4.49. The molecular formula is C11H16N2O6. The van der Waals surface area contributed by atoms with E-state index >= 15 is 0 Å². The molecule has 0 aromatic carbocycles. The van der Waals surface area contributed by atoms with Crippen LogP contribution < -0.4 is 11.1 Å². The minimum absolute atomic E-state index is 0.122. The standard InChI is InChI=1S/C11H16N2O6/c1-6(2)8(9(14)13-11(12)16)19-10(15)7-5-17-3-4-18-7/h5-6,8H,3-4H2,1-2H3,(H3,12,13,14,16)/t8-/m0/s1. The number of amides is 3. The molecule has 1 rings (SSSR count). The Morgan fingerprint density at radius 2 is 2.05 bits per heavy atom. The van der Waals surface area contributed by atoms with Crippen molar-refractivity contribution < 1.29 is 28.6 Å². The number of nitrogens with two attached hydrogens (primary N) is 1. The molecule has 0 radical (unpaired) electrons. The lowest BCUT2D eigenvalue weighted by Gasteiger charge is -2.21. The Labute approximate surface area is 109 Å². The van der Waals surface area contributed by atoms with Gasteiger partial charge in [-0.05, 0) is 5.92 Å². The summed E-state index contributed by atoms with van der Waals surface area (Å²) in [6, 6.07) is -1.01. The Kier molecular flexibility index (Phi) is 5.16. The van der Waals surface area contributed by atoms with E-state index in [1.165, 1.54) is 0 Å². The summed E-state index contributed by atoms with van der Waals surface area (Å²) in [5.41, 5.74) is 4.84. The minimum atomic E-state index is -1.15. The number of primary amides is 1. The summed E-state index contributed by atoms with van der Waals surface area (Å²) in [5, 5.41) is 1.86. The predicted molar refractivity (Wildman–Crippen MR) is 62.4 cm³/mol. The van der Waals surface area contributed by atoms with Gasteiger partial charge in [0.1, 0.15) is 19.5 Å². The summed E-state index contributed by atoms with van der Waals surface area (Å²) in [7, 11) is 0. The van der Waals surface area contributed by atoms with E-state index in [-0.39, 0.29) is 18.3 Å². The normalized spacial score (nSPS) is 15.6. The van der Waals surface area contributed by atoms with Crippen LogP contribution in [-0.2, 0) is 23.8 Å². The van der Waals surface area contributed by atoms with Gasteiger partial charge in [-0.1, -0.05) is 13.8 Å². The van der Waals surface area contributed by atoms with Crippen LogP contribution in [-0.4, -0.2) is 37.2 Å². The fourth-order valence-corrected chi connectivity index (χ4v) is 1.33. The van der Waals surface area contributed by atoms with Gasteiger partial charge in [0.15, 0.2) is 6.10 Å². The maximum Gasteiger partial charge on any atom is 0.377 e. The van der Waals surface area contributed by atoms with E-state index in [4.69, 9.17) is 19.9 Å². The number of rotatable bonds is 4. The Balaban J connectivity index is 2.67. The Hall–Kier alpha value is -2.25. The molecule has 3 N–H and O–H groups in total. The number of esters is 1. The number of carbonyl (C=O) groups is 3. The van der Waals surface area contributed by atoms with E-state index in [0.717, 1.165) is 6.26 Å². The number of urea groups is 1. The monoisotopic (exact) mass is 272 g/mol. The van der Waals surface area contributed by atoms with Crippen LogP contribution in [0.15, 0.2) is 12.0 Å². The minimum Gasteiger partial charge on any atom is -0.493 e. The molecule has 106 valence electrons. The van der Waals surface area contributed by atoms with Gasteiger partial charge in [0.05, 0.1) is 0 Å². The molecule has 0 spiro atoms. The Bertz CT molecular complexity index is 404. The molecule has 0 bridgehead atoms. The lowest BCUT2D eigenvalue weighted by atomic mass is 10.1. The molecule has 0 aromatic heterocycles. The van der Waals surface area contributed by atoms with Crippen molar-refractivity contribution in [2.75, 3.05) is 13.2 Å². The molecular weight excluding hydrogens is 256 g/mol. The van der Waals surface area contributed by atoms with Gasteiger partial charge in [0.2, 0.25) is 5.76 Å². The number of imide groups is 1. The number of carbonyl (C=O) groups excluding carboxylic acids is 3. The largest absolute Gasteiger partial charge is 0.493 e. The van der Waals surface area contributed by atoms with Gasteiger partial charge in [0.25, 0.3) is 5.91 Å². The molecule has 0 saturated heterocycles. The molecule has 19 heavy (non-hydrogen) atoms. The molecule has 8 heteroatoms. The van der Waals surface area contributed by atoms with Crippen molar-refractivity contribution >= 4 is 17.9 Å². The second kappa shape index (κ2) is 6.62. The van der Waals surface area contributed by atoms with Crippen molar-refractivity contribution in [1.82, 2.24) is 5.32 Å². The van der Waals surface area contributed by atoms with Gasteiger partial charge < -0.3 is 19.9 Å². The Morgan fingerprint density at radius 3 is 2.53 bits per heavy atom. The zero-order valence-electron chi connectivity index (χ0n) is 10.7. The first-order valence-electron chi connectivity index (χ1n) is 5.67. The molecule has 1 atom stereocenters. The van der Waals surface area contributed by atoms with Crippen LogP contribution in [0.1, 0.15) is 13.8 Å². The summed E-state index contributed by atoms with van der Waals surface area (Å²) in [6.07, 6.45) is -0.0266. The van der Waals surface area contributed by atoms with E-state index in [1.54, 1.807) is 13.8 Å². The summed E-state index contributed by atoms with van der Waals surface area (Å²) >= 11 is 0. The van der Waals surface area contributed by atoms with Gasteiger partial charge in [-0.2, -0.15) is 0 Å². The van der Waals surface area contributed by atoms with E-state index < -0.39 is 24.0 Å². The van der Waals surface area contributed by atoms with Crippen molar-refractivity contribution in [2.24, 2.45) is 11.7 Å². The van der Waals surface area contributed by atoms with Crippen molar-refractivity contribution in [2.45, 2.75) is 20.0 Å². The third-order valence-electron chi connectivity index (χ3n) is 2.19. The van der Waals surface area contributed by atoms with Crippen LogP contribution in [0.4, 0.5) is 4.79 Å². The number of hydrogen-bond donors (Lipinski definition) is 2. The number of nitrogens with one attached hydrogen (secondary N) is 1. The highest BCUT2D eigenvalue weighted by atomic mass is 16.6. The lowest BCUT2D eigenvalue weighted by molar-refractivity contribution is -0.158. The first kappa shape index (κ1) is 14.8. The maximum absolute atomic E-state index is 11.7. The third-order valence-corrected chi connectivity index (χ3v) is 2.19. The molecule has 0 fully saturated rings. The number of hydrogen-bond acceptors (Lipinski definition) is 6. The first-order chi connectivity index (χ1) is 8.91. The summed E-state index contributed by atoms with van der Waals surface area (Å²) in [4.78, 5) is 34.0. The summed E-state index contributed by atoms with van der Waals surface area (Å²) in [5.74, 6) is -2.08. The molecule has 0 aromatic rings. The van der Waals surface area contributed by atoms with Crippen LogP contribution in [0.3, 0.4) is 0 Å². The number of ether oxygens (including phenoxy) is 3. The fraction of sp³-hybridized carbons (Fsp3) is 0.545. The second-order valence-corrected chi connectivity index (χ2v) is 4.12. The van der Waals surface area contributed by atoms with E-state index in [2.05, 4.69) is 0 Å². The van der Waals surface area contributed by atoms with Crippen LogP contribution in [0.5, 0.6) is 0 Å². The smallest absolute Gasteiger partial charge is 0.377 e. The highest BCUT2D eigenvalue weighted by molar-refractivity contribution is 5.97. The van der Waals surface area contributed by atoms with E-state index in [9.17, 15) is 14.4 Å². The van der Waals surface area contributed by atoms with Gasteiger partial charge >= 0.3 is 12.0 Å². The van der Waals surface area contributed by atoms with Gasteiger partial charge in [-0.15, -0.1) is 0 Å². The van der Waals surface area contributed by atoms with Gasteiger partial charge in [-0.3, -0.25) is 10.1 Å². The average molecular weight is 272 g/mol. The summed E-state index contributed by atoms with van der Waals surface area (Å²) in [6.45, 7) is 3.88.